The molecule has 1 fully saturated rings. The first-order valence-electron chi connectivity index (χ1n) is 7.99. The summed E-state index contributed by atoms with van der Waals surface area (Å²) in [5.74, 6) is 0.886. The number of ether oxygens (including phenoxy) is 1. The number of nitrogens with one attached hydrogen (secondary N) is 1. The molecule has 22 heavy (non-hydrogen) atoms. The molecule has 0 spiro atoms. The van der Waals surface area contributed by atoms with Crippen molar-refractivity contribution in [2.24, 2.45) is 0 Å². The summed E-state index contributed by atoms with van der Waals surface area (Å²) in [5, 5.41) is 0. The van der Waals surface area contributed by atoms with Gasteiger partial charge in [0.25, 0.3) is 0 Å². The van der Waals surface area contributed by atoms with E-state index in [0.717, 1.165) is 18.9 Å². The third kappa shape index (κ3) is 3.74. The fourth-order valence-corrected chi connectivity index (χ4v) is 2.90. The molecule has 0 aromatic heterocycles. The van der Waals surface area contributed by atoms with Crippen LogP contribution < -0.4 is 9.64 Å². The second kappa shape index (κ2) is 7.23. The van der Waals surface area contributed by atoms with Gasteiger partial charge >= 0.3 is 0 Å². The van der Waals surface area contributed by atoms with Crippen LogP contribution in [0.5, 0.6) is 5.75 Å². The fraction of sp³-hybridized carbons (Fsp3) is 0.316. The van der Waals surface area contributed by atoms with Crippen molar-refractivity contribution in [2.75, 3.05) is 26.2 Å². The zero-order valence-corrected chi connectivity index (χ0v) is 12.8. The smallest absolute Gasteiger partial charge is 0.193 e. The van der Waals surface area contributed by atoms with Crippen LogP contribution in [0.25, 0.3) is 0 Å². The zero-order chi connectivity index (χ0) is 15.2. The van der Waals surface area contributed by atoms with Gasteiger partial charge < -0.3 is 9.64 Å². The summed E-state index contributed by atoms with van der Waals surface area (Å²) in [6, 6.07) is 16.8. The Morgan fingerprint density at radius 3 is 2.23 bits per heavy atom. The lowest BCUT2D eigenvalue weighted by molar-refractivity contribution is -0.887. The SMILES string of the molecule is O=C(c1ccccc1)c1ccc(OCC[NH+]2CCCC2)cc1. The summed E-state index contributed by atoms with van der Waals surface area (Å²) in [5.41, 5.74) is 1.41. The van der Waals surface area contributed by atoms with Crippen molar-refractivity contribution < 1.29 is 14.4 Å². The Hall–Kier alpha value is -2.13. The number of carbonyl (C=O) groups excluding carboxylic acids is 1. The van der Waals surface area contributed by atoms with E-state index in [9.17, 15) is 4.79 Å². The molecule has 1 heterocycles. The van der Waals surface area contributed by atoms with Crippen LogP contribution >= 0.6 is 0 Å². The molecule has 0 bridgehead atoms. The van der Waals surface area contributed by atoms with E-state index in [1.807, 2.05) is 54.6 Å². The average molecular weight is 296 g/mol. The molecule has 0 amide bonds. The summed E-state index contributed by atoms with van der Waals surface area (Å²) < 4.78 is 5.78. The van der Waals surface area contributed by atoms with E-state index in [1.165, 1.54) is 25.9 Å². The highest BCUT2D eigenvalue weighted by molar-refractivity contribution is 6.08. The van der Waals surface area contributed by atoms with Gasteiger partial charge in [-0.15, -0.1) is 0 Å². The molecular weight excluding hydrogens is 274 g/mol. The van der Waals surface area contributed by atoms with Gasteiger partial charge in [-0.05, 0) is 24.3 Å². The number of likely N-dealkylation sites (tertiary alicyclic amines) is 1. The van der Waals surface area contributed by atoms with Gasteiger partial charge in [-0.25, -0.2) is 0 Å². The lowest BCUT2D eigenvalue weighted by Gasteiger charge is -2.12. The second-order valence-corrected chi connectivity index (χ2v) is 5.78. The van der Waals surface area contributed by atoms with Crippen LogP contribution in [-0.4, -0.2) is 32.0 Å². The largest absolute Gasteiger partial charge is 0.488 e. The van der Waals surface area contributed by atoms with Gasteiger partial charge in [0, 0.05) is 24.0 Å². The maximum Gasteiger partial charge on any atom is 0.193 e. The van der Waals surface area contributed by atoms with Crippen molar-refractivity contribution in [3.8, 4) is 5.75 Å². The van der Waals surface area contributed by atoms with E-state index >= 15 is 0 Å². The van der Waals surface area contributed by atoms with E-state index in [4.69, 9.17) is 4.74 Å². The molecule has 1 aliphatic rings. The molecule has 0 saturated carbocycles. The first-order chi connectivity index (χ1) is 10.8. The molecule has 0 radical (unpaired) electrons. The number of benzene rings is 2. The summed E-state index contributed by atoms with van der Waals surface area (Å²) >= 11 is 0. The van der Waals surface area contributed by atoms with Gasteiger partial charge in [-0.1, -0.05) is 30.3 Å². The van der Waals surface area contributed by atoms with E-state index in [-0.39, 0.29) is 5.78 Å². The van der Waals surface area contributed by atoms with E-state index in [2.05, 4.69) is 0 Å². The number of ketones is 1. The van der Waals surface area contributed by atoms with Gasteiger partial charge in [0.15, 0.2) is 5.78 Å². The quantitative estimate of drug-likeness (QED) is 0.826. The van der Waals surface area contributed by atoms with Crippen molar-refractivity contribution >= 4 is 5.78 Å². The van der Waals surface area contributed by atoms with Crippen LogP contribution in [0.15, 0.2) is 54.6 Å². The normalized spacial score (nSPS) is 14.9. The van der Waals surface area contributed by atoms with Crippen LogP contribution in [0.3, 0.4) is 0 Å². The van der Waals surface area contributed by atoms with Crippen LogP contribution in [0.2, 0.25) is 0 Å². The Balaban J connectivity index is 1.54. The molecular formula is C19H22NO2+. The average Bonchev–Trinajstić information content (AvgIpc) is 3.09. The van der Waals surface area contributed by atoms with Gasteiger partial charge in [0.2, 0.25) is 0 Å². The van der Waals surface area contributed by atoms with Gasteiger partial charge in [-0.3, -0.25) is 4.79 Å². The summed E-state index contributed by atoms with van der Waals surface area (Å²) in [7, 11) is 0. The van der Waals surface area contributed by atoms with Crippen LogP contribution in [0, 0.1) is 0 Å². The maximum absolute atomic E-state index is 12.3. The van der Waals surface area contributed by atoms with Gasteiger partial charge in [-0.2, -0.15) is 0 Å². The second-order valence-electron chi connectivity index (χ2n) is 5.78. The number of carbonyl (C=O) groups is 1. The summed E-state index contributed by atoms with van der Waals surface area (Å²) in [4.78, 5) is 13.9. The van der Waals surface area contributed by atoms with Gasteiger partial charge in [0.05, 0.1) is 13.1 Å². The molecule has 3 nitrogen and oxygen atoms in total. The Labute approximate surface area is 131 Å². The maximum atomic E-state index is 12.3. The molecule has 1 aliphatic heterocycles. The highest BCUT2D eigenvalue weighted by atomic mass is 16.5. The van der Waals surface area contributed by atoms with E-state index < -0.39 is 0 Å². The Kier molecular flexibility index (Phi) is 4.86. The standard InChI is InChI=1S/C19H21NO2/c21-19(16-6-2-1-3-7-16)17-8-10-18(11-9-17)22-15-14-20-12-4-5-13-20/h1-3,6-11H,4-5,12-15H2/p+1. The molecule has 2 aromatic rings. The van der Waals surface area contributed by atoms with Crippen molar-refractivity contribution in [3.05, 3.63) is 65.7 Å². The van der Waals surface area contributed by atoms with E-state index in [0.29, 0.717) is 11.1 Å². The molecule has 1 saturated heterocycles. The molecule has 2 aromatic carbocycles. The van der Waals surface area contributed by atoms with E-state index in [1.54, 1.807) is 4.90 Å². The lowest BCUT2D eigenvalue weighted by Crippen LogP contribution is -3.10. The van der Waals surface area contributed by atoms with Crippen molar-refractivity contribution in [1.82, 2.24) is 0 Å². The first-order valence-corrected chi connectivity index (χ1v) is 7.99. The molecule has 1 N–H and O–H groups in total. The minimum atomic E-state index is 0.0497. The summed E-state index contributed by atoms with van der Waals surface area (Å²) in [6.07, 6.45) is 2.68. The Morgan fingerprint density at radius 2 is 1.55 bits per heavy atom. The zero-order valence-electron chi connectivity index (χ0n) is 12.8. The first kappa shape index (κ1) is 14.8. The number of rotatable bonds is 6. The van der Waals surface area contributed by atoms with Crippen molar-refractivity contribution in [1.29, 1.82) is 0 Å². The van der Waals surface area contributed by atoms with Crippen LogP contribution in [0.4, 0.5) is 0 Å². The van der Waals surface area contributed by atoms with Crippen LogP contribution in [-0.2, 0) is 0 Å². The number of hydrogen-bond acceptors (Lipinski definition) is 2. The molecule has 114 valence electrons. The molecule has 0 atom stereocenters. The highest BCUT2D eigenvalue weighted by Gasteiger charge is 2.14. The molecule has 0 aliphatic carbocycles. The molecule has 0 unspecified atom stereocenters. The highest BCUT2D eigenvalue weighted by Crippen LogP contribution is 2.15. The molecule has 3 heteroatoms. The predicted molar refractivity (Wildman–Crippen MR) is 86.6 cm³/mol. The predicted octanol–water partition coefficient (Wildman–Crippen LogP) is 1.98. The number of quaternary nitrogens is 1. The molecule has 3 rings (SSSR count). The van der Waals surface area contributed by atoms with Crippen molar-refractivity contribution in [2.45, 2.75) is 12.8 Å². The van der Waals surface area contributed by atoms with Crippen molar-refractivity contribution in [3.63, 3.8) is 0 Å². The minimum absolute atomic E-state index is 0.0497. The number of hydrogen-bond donors (Lipinski definition) is 1. The minimum Gasteiger partial charge on any atom is -0.488 e. The van der Waals surface area contributed by atoms with Crippen LogP contribution in [0.1, 0.15) is 28.8 Å². The Morgan fingerprint density at radius 1 is 0.909 bits per heavy atom. The summed E-state index contributed by atoms with van der Waals surface area (Å²) in [6.45, 7) is 4.34. The Bertz CT molecular complexity index is 601. The fourth-order valence-electron chi connectivity index (χ4n) is 2.90. The monoisotopic (exact) mass is 296 g/mol. The third-order valence-corrected chi connectivity index (χ3v) is 4.19. The third-order valence-electron chi connectivity index (χ3n) is 4.19. The topological polar surface area (TPSA) is 30.7 Å². The van der Waals surface area contributed by atoms with Gasteiger partial charge in [0.1, 0.15) is 18.9 Å². The lowest BCUT2D eigenvalue weighted by atomic mass is 10.0.